The fourth-order valence-electron chi connectivity index (χ4n) is 3.26. The van der Waals surface area contributed by atoms with Crippen molar-refractivity contribution in [3.8, 4) is 11.5 Å². The molecule has 1 aliphatic rings. The van der Waals surface area contributed by atoms with Gasteiger partial charge in [-0.2, -0.15) is 0 Å². The molecule has 0 unspecified atom stereocenters. The summed E-state index contributed by atoms with van der Waals surface area (Å²) in [5.74, 6) is 1.12. The van der Waals surface area contributed by atoms with Crippen LogP contribution < -0.4 is 14.4 Å². The van der Waals surface area contributed by atoms with Crippen LogP contribution in [0.15, 0.2) is 54.6 Å². The van der Waals surface area contributed by atoms with Gasteiger partial charge < -0.3 is 19.3 Å². The molecular formula is C23H31N3O3. The van der Waals surface area contributed by atoms with Gasteiger partial charge in [0.1, 0.15) is 11.5 Å². The smallest absolute Gasteiger partial charge is 0.325 e. The molecule has 0 atom stereocenters. The Kier molecular flexibility index (Phi) is 7.90. The molecule has 1 aliphatic heterocycles. The molecule has 0 spiro atoms. The van der Waals surface area contributed by atoms with Gasteiger partial charge >= 0.3 is 5.97 Å². The van der Waals surface area contributed by atoms with E-state index in [2.05, 4.69) is 40.9 Å². The maximum atomic E-state index is 12.1. The molecule has 0 aromatic heterocycles. The Morgan fingerprint density at radius 1 is 0.966 bits per heavy atom. The van der Waals surface area contributed by atoms with Gasteiger partial charge in [0, 0.05) is 45.5 Å². The van der Waals surface area contributed by atoms with Crippen LogP contribution in [0.5, 0.6) is 11.5 Å². The van der Waals surface area contributed by atoms with Crippen LogP contribution >= 0.6 is 0 Å². The number of esters is 1. The SMILES string of the molecule is CN1CCN(CC(=O)Oc2ccc(OCCCN(C)c3ccccc3)cc2)CC1. The number of ether oxygens (including phenoxy) is 2. The highest BCUT2D eigenvalue weighted by Gasteiger charge is 2.17. The van der Waals surface area contributed by atoms with E-state index in [0.717, 1.165) is 44.9 Å². The van der Waals surface area contributed by atoms with Crippen molar-refractivity contribution in [2.45, 2.75) is 6.42 Å². The Balaban J connectivity index is 1.35. The molecule has 2 aromatic carbocycles. The summed E-state index contributed by atoms with van der Waals surface area (Å²) in [6.07, 6.45) is 0.924. The number of piperazine rings is 1. The van der Waals surface area contributed by atoms with Gasteiger partial charge in [0.15, 0.2) is 0 Å². The van der Waals surface area contributed by atoms with Gasteiger partial charge in [0.2, 0.25) is 0 Å². The van der Waals surface area contributed by atoms with Crippen LogP contribution in [0.1, 0.15) is 6.42 Å². The van der Waals surface area contributed by atoms with E-state index in [-0.39, 0.29) is 5.97 Å². The number of hydrogen-bond donors (Lipinski definition) is 0. The summed E-state index contributed by atoms with van der Waals surface area (Å²) in [4.78, 5) is 18.7. The lowest BCUT2D eigenvalue weighted by molar-refractivity contribution is -0.136. The van der Waals surface area contributed by atoms with E-state index in [1.54, 1.807) is 12.1 Å². The Labute approximate surface area is 173 Å². The summed E-state index contributed by atoms with van der Waals surface area (Å²) in [7, 11) is 4.18. The molecule has 29 heavy (non-hydrogen) atoms. The summed E-state index contributed by atoms with van der Waals surface area (Å²) in [5, 5.41) is 0. The normalized spacial score (nSPS) is 15.1. The number of nitrogens with zero attached hydrogens (tertiary/aromatic N) is 3. The van der Waals surface area contributed by atoms with Crippen LogP contribution in [0.25, 0.3) is 0 Å². The molecule has 0 N–H and O–H groups in total. The molecule has 2 aromatic rings. The van der Waals surface area contributed by atoms with Crippen molar-refractivity contribution in [1.29, 1.82) is 0 Å². The topological polar surface area (TPSA) is 45.3 Å². The first-order valence-electron chi connectivity index (χ1n) is 10.2. The van der Waals surface area contributed by atoms with Crippen LogP contribution in [-0.4, -0.2) is 75.7 Å². The molecule has 1 saturated heterocycles. The second-order valence-corrected chi connectivity index (χ2v) is 7.48. The van der Waals surface area contributed by atoms with Gasteiger partial charge in [-0.25, -0.2) is 0 Å². The minimum absolute atomic E-state index is 0.216. The van der Waals surface area contributed by atoms with Crippen LogP contribution in [0.3, 0.4) is 0 Å². The summed E-state index contributed by atoms with van der Waals surface area (Å²) in [5.41, 5.74) is 1.20. The Hall–Kier alpha value is -2.57. The van der Waals surface area contributed by atoms with Crippen LogP contribution in [0.2, 0.25) is 0 Å². The Morgan fingerprint density at radius 3 is 2.31 bits per heavy atom. The van der Waals surface area contributed by atoms with Crippen molar-refractivity contribution < 1.29 is 14.3 Å². The second-order valence-electron chi connectivity index (χ2n) is 7.48. The van der Waals surface area contributed by atoms with Crippen molar-refractivity contribution in [3.05, 3.63) is 54.6 Å². The highest BCUT2D eigenvalue weighted by molar-refractivity contribution is 5.74. The summed E-state index contributed by atoms with van der Waals surface area (Å²) in [6.45, 7) is 5.67. The molecule has 0 bridgehead atoms. The molecule has 3 rings (SSSR count). The Bertz CT molecular complexity index is 744. The quantitative estimate of drug-likeness (QED) is 0.368. The molecule has 6 heteroatoms. The van der Waals surface area contributed by atoms with Gasteiger partial charge in [-0.3, -0.25) is 9.69 Å². The number of rotatable bonds is 9. The third kappa shape index (κ3) is 7.07. The number of carbonyl (C=O) groups is 1. The lowest BCUT2D eigenvalue weighted by Gasteiger charge is -2.31. The fourth-order valence-corrected chi connectivity index (χ4v) is 3.26. The molecule has 1 fully saturated rings. The number of anilines is 1. The van der Waals surface area contributed by atoms with E-state index in [9.17, 15) is 4.79 Å². The van der Waals surface area contributed by atoms with Crippen LogP contribution in [-0.2, 0) is 4.79 Å². The molecule has 0 aliphatic carbocycles. The van der Waals surface area contributed by atoms with Crippen LogP contribution in [0, 0.1) is 0 Å². The molecular weight excluding hydrogens is 366 g/mol. The van der Waals surface area contributed by atoms with Gasteiger partial charge in [0.05, 0.1) is 13.2 Å². The largest absolute Gasteiger partial charge is 0.494 e. The van der Waals surface area contributed by atoms with E-state index in [4.69, 9.17) is 9.47 Å². The van der Waals surface area contributed by atoms with Gasteiger partial charge in [-0.15, -0.1) is 0 Å². The predicted molar refractivity (Wildman–Crippen MR) is 116 cm³/mol. The van der Waals surface area contributed by atoms with Crippen LogP contribution in [0.4, 0.5) is 5.69 Å². The summed E-state index contributed by atoms with van der Waals surface area (Å²) < 4.78 is 11.3. The molecule has 156 valence electrons. The molecule has 0 saturated carbocycles. The maximum absolute atomic E-state index is 12.1. The summed E-state index contributed by atoms with van der Waals surface area (Å²) in [6, 6.07) is 17.6. The third-order valence-corrected chi connectivity index (χ3v) is 5.11. The van der Waals surface area contributed by atoms with Crippen molar-refractivity contribution in [2.75, 3.05) is 64.9 Å². The minimum Gasteiger partial charge on any atom is -0.494 e. The van der Waals surface area contributed by atoms with E-state index >= 15 is 0 Å². The zero-order valence-corrected chi connectivity index (χ0v) is 17.4. The molecule has 6 nitrogen and oxygen atoms in total. The monoisotopic (exact) mass is 397 g/mol. The highest BCUT2D eigenvalue weighted by atomic mass is 16.5. The van der Waals surface area contributed by atoms with E-state index < -0.39 is 0 Å². The molecule has 0 amide bonds. The lowest BCUT2D eigenvalue weighted by Crippen LogP contribution is -2.46. The zero-order valence-electron chi connectivity index (χ0n) is 17.4. The first-order chi connectivity index (χ1) is 14.1. The van der Waals surface area contributed by atoms with E-state index in [1.165, 1.54) is 5.69 Å². The third-order valence-electron chi connectivity index (χ3n) is 5.11. The minimum atomic E-state index is -0.216. The first-order valence-corrected chi connectivity index (χ1v) is 10.2. The number of benzene rings is 2. The average molecular weight is 398 g/mol. The highest BCUT2D eigenvalue weighted by Crippen LogP contribution is 2.18. The number of para-hydroxylation sites is 1. The average Bonchev–Trinajstić information content (AvgIpc) is 2.74. The van der Waals surface area contributed by atoms with Gasteiger partial charge in [-0.1, -0.05) is 18.2 Å². The number of hydrogen-bond acceptors (Lipinski definition) is 6. The molecule has 1 heterocycles. The summed E-state index contributed by atoms with van der Waals surface area (Å²) >= 11 is 0. The second kappa shape index (κ2) is 10.8. The predicted octanol–water partition coefficient (Wildman–Crippen LogP) is 2.74. The standard InChI is InChI=1S/C23H31N3O3/c1-24-14-16-26(17-15-24)19-23(27)29-22-11-9-21(10-12-22)28-18-6-13-25(2)20-7-4-3-5-8-20/h3-5,7-12H,6,13-19H2,1-2H3. The first kappa shape index (κ1) is 21.1. The molecule has 0 radical (unpaired) electrons. The Morgan fingerprint density at radius 2 is 1.62 bits per heavy atom. The van der Waals surface area contributed by atoms with Crippen molar-refractivity contribution in [3.63, 3.8) is 0 Å². The van der Waals surface area contributed by atoms with Crippen molar-refractivity contribution in [2.24, 2.45) is 0 Å². The van der Waals surface area contributed by atoms with Crippen molar-refractivity contribution >= 4 is 11.7 Å². The van der Waals surface area contributed by atoms with E-state index in [0.29, 0.717) is 18.9 Å². The zero-order chi connectivity index (χ0) is 20.5. The number of carbonyl (C=O) groups excluding carboxylic acids is 1. The van der Waals surface area contributed by atoms with Crippen molar-refractivity contribution in [1.82, 2.24) is 9.80 Å². The van der Waals surface area contributed by atoms with Gasteiger partial charge in [-0.05, 0) is 49.9 Å². The number of likely N-dealkylation sites (N-methyl/N-ethyl adjacent to an activating group) is 1. The fraction of sp³-hybridized carbons (Fsp3) is 0.435. The maximum Gasteiger partial charge on any atom is 0.325 e. The van der Waals surface area contributed by atoms with E-state index in [1.807, 2.05) is 30.3 Å². The van der Waals surface area contributed by atoms with Gasteiger partial charge in [0.25, 0.3) is 0 Å². The lowest BCUT2D eigenvalue weighted by atomic mass is 10.3.